The number of hydrogen-bond acceptors (Lipinski definition) is 4. The lowest BCUT2D eigenvalue weighted by Crippen LogP contribution is -2.27. The number of hydrogen-bond donors (Lipinski definition) is 1. The largest absolute Gasteiger partial charge is 0.339 e. The van der Waals surface area contributed by atoms with Gasteiger partial charge in [0, 0.05) is 42.8 Å². The fourth-order valence-electron chi connectivity index (χ4n) is 3.76. The summed E-state index contributed by atoms with van der Waals surface area (Å²) in [6.07, 6.45) is 3.63. The number of pyridine rings is 2. The lowest BCUT2D eigenvalue weighted by atomic mass is 10.1. The van der Waals surface area contributed by atoms with Gasteiger partial charge in [0.15, 0.2) is 0 Å². The second-order valence-corrected chi connectivity index (χ2v) is 7.51. The van der Waals surface area contributed by atoms with Crippen LogP contribution in [0.15, 0.2) is 47.4 Å². The number of carbonyl (C=O) groups excluding carboxylic acids is 2. The second kappa shape index (κ2) is 8.10. The van der Waals surface area contributed by atoms with E-state index < -0.39 is 5.91 Å². The van der Waals surface area contributed by atoms with Crippen LogP contribution in [-0.4, -0.2) is 39.4 Å². The van der Waals surface area contributed by atoms with Gasteiger partial charge in [-0.05, 0) is 63.1 Å². The van der Waals surface area contributed by atoms with Crippen molar-refractivity contribution in [3.8, 4) is 0 Å². The topological polar surface area (TPSA) is 84.3 Å². The fraction of sp³-hybridized carbons (Fsp3) is 0.304. The maximum atomic E-state index is 12.9. The Hall–Kier alpha value is -3.48. The van der Waals surface area contributed by atoms with Gasteiger partial charge in [-0.15, -0.1) is 0 Å². The van der Waals surface area contributed by atoms with Crippen LogP contribution in [0.25, 0.3) is 11.0 Å². The molecule has 1 N–H and O–H groups in total. The van der Waals surface area contributed by atoms with Crippen molar-refractivity contribution in [3.05, 3.63) is 69.6 Å². The highest BCUT2D eigenvalue weighted by molar-refractivity contribution is 6.05. The molecule has 2 aromatic heterocycles. The van der Waals surface area contributed by atoms with Gasteiger partial charge < -0.3 is 14.8 Å². The molecule has 4 rings (SSSR count). The first kappa shape index (κ1) is 19.8. The maximum absolute atomic E-state index is 12.9. The van der Waals surface area contributed by atoms with Gasteiger partial charge in [-0.3, -0.25) is 14.4 Å². The fourth-order valence-corrected chi connectivity index (χ4v) is 3.76. The number of aryl methyl sites for hydroxylation is 2. The van der Waals surface area contributed by atoms with Crippen LogP contribution in [0.4, 0.5) is 5.69 Å². The highest BCUT2D eigenvalue weighted by Crippen LogP contribution is 2.17. The molecule has 1 aromatic carbocycles. The predicted octanol–water partition coefficient (Wildman–Crippen LogP) is 3.21. The van der Waals surface area contributed by atoms with Gasteiger partial charge in [-0.25, -0.2) is 4.98 Å². The Morgan fingerprint density at radius 1 is 1.07 bits per heavy atom. The third kappa shape index (κ3) is 3.70. The van der Waals surface area contributed by atoms with Gasteiger partial charge in [-0.2, -0.15) is 0 Å². The molecule has 1 saturated heterocycles. The molecule has 154 valence electrons. The van der Waals surface area contributed by atoms with Crippen molar-refractivity contribution < 1.29 is 9.59 Å². The maximum Gasteiger partial charge on any atom is 0.261 e. The normalized spacial score (nSPS) is 13.6. The molecule has 1 aliphatic rings. The Morgan fingerprint density at radius 3 is 2.43 bits per heavy atom. The highest BCUT2D eigenvalue weighted by Gasteiger charge is 2.20. The van der Waals surface area contributed by atoms with E-state index in [9.17, 15) is 14.4 Å². The molecule has 0 unspecified atom stereocenters. The van der Waals surface area contributed by atoms with E-state index in [1.54, 1.807) is 47.2 Å². The van der Waals surface area contributed by atoms with Crippen molar-refractivity contribution in [3.63, 3.8) is 0 Å². The number of anilines is 1. The molecule has 7 nitrogen and oxygen atoms in total. The smallest absolute Gasteiger partial charge is 0.261 e. The molecule has 7 heteroatoms. The minimum absolute atomic E-state index is 0.00790. The summed E-state index contributed by atoms with van der Waals surface area (Å²) in [7, 11) is 0. The van der Waals surface area contributed by atoms with Gasteiger partial charge in [0.05, 0.1) is 5.39 Å². The highest BCUT2D eigenvalue weighted by atomic mass is 16.2. The van der Waals surface area contributed by atoms with Crippen molar-refractivity contribution in [2.24, 2.45) is 0 Å². The van der Waals surface area contributed by atoms with Crippen LogP contribution >= 0.6 is 0 Å². The van der Waals surface area contributed by atoms with Crippen molar-refractivity contribution >= 4 is 28.5 Å². The molecule has 0 bridgehead atoms. The van der Waals surface area contributed by atoms with Gasteiger partial charge in [0.1, 0.15) is 11.2 Å². The van der Waals surface area contributed by atoms with Crippen LogP contribution in [0.1, 0.15) is 46.2 Å². The molecule has 3 aromatic rings. The third-order valence-corrected chi connectivity index (χ3v) is 5.43. The third-order valence-electron chi connectivity index (χ3n) is 5.43. The molecule has 0 aliphatic carbocycles. The molecule has 0 radical (unpaired) electrons. The first-order chi connectivity index (χ1) is 14.5. The van der Waals surface area contributed by atoms with Crippen LogP contribution in [-0.2, 0) is 6.54 Å². The number of aromatic nitrogens is 2. The first-order valence-corrected chi connectivity index (χ1v) is 10.2. The quantitative estimate of drug-likeness (QED) is 0.724. The predicted molar refractivity (Wildman–Crippen MR) is 116 cm³/mol. The van der Waals surface area contributed by atoms with E-state index in [0.717, 1.165) is 31.6 Å². The SMILES string of the molecule is CCn1cc(C(=O)Nc2ccc(C(=O)N3CCCC3)cc2)c(=O)c2ccc(C)nc21. The standard InChI is InChI=1S/C23H24N4O3/c1-3-26-14-19(20(28)18-11-6-15(2)24-21(18)26)22(29)25-17-9-7-16(8-10-17)23(30)27-12-4-5-13-27/h6-11,14H,3-5,12-13H2,1-2H3,(H,25,29). The van der Waals surface area contributed by atoms with Crippen LogP contribution in [0.5, 0.6) is 0 Å². The molecule has 1 aliphatic heterocycles. The average Bonchev–Trinajstić information content (AvgIpc) is 3.29. The molecule has 0 atom stereocenters. The Balaban J connectivity index is 1.59. The Morgan fingerprint density at radius 2 is 1.77 bits per heavy atom. The minimum Gasteiger partial charge on any atom is -0.339 e. The zero-order chi connectivity index (χ0) is 21.3. The van der Waals surface area contributed by atoms with E-state index >= 15 is 0 Å². The average molecular weight is 404 g/mol. The lowest BCUT2D eigenvalue weighted by Gasteiger charge is -2.15. The number of carbonyl (C=O) groups is 2. The molecule has 0 spiro atoms. The van der Waals surface area contributed by atoms with Crippen LogP contribution < -0.4 is 10.7 Å². The number of likely N-dealkylation sites (tertiary alicyclic amines) is 1. The summed E-state index contributed by atoms with van der Waals surface area (Å²) in [5.74, 6) is -0.475. The molecule has 30 heavy (non-hydrogen) atoms. The van der Waals surface area contributed by atoms with Gasteiger partial charge >= 0.3 is 0 Å². The molecule has 1 fully saturated rings. The summed E-state index contributed by atoms with van der Waals surface area (Å²) in [5.41, 5.74) is 2.22. The molecular formula is C23H24N4O3. The Bertz CT molecular complexity index is 1180. The van der Waals surface area contributed by atoms with Crippen molar-refractivity contribution in [1.29, 1.82) is 0 Å². The molecule has 3 heterocycles. The first-order valence-electron chi connectivity index (χ1n) is 10.2. The van der Waals surface area contributed by atoms with Crippen molar-refractivity contribution in [2.75, 3.05) is 18.4 Å². The summed E-state index contributed by atoms with van der Waals surface area (Å²) < 4.78 is 1.80. The second-order valence-electron chi connectivity index (χ2n) is 7.51. The van der Waals surface area contributed by atoms with E-state index in [-0.39, 0.29) is 16.9 Å². The molecular weight excluding hydrogens is 380 g/mol. The van der Waals surface area contributed by atoms with E-state index in [0.29, 0.717) is 28.8 Å². The van der Waals surface area contributed by atoms with E-state index in [4.69, 9.17) is 0 Å². The molecule has 2 amide bonds. The zero-order valence-corrected chi connectivity index (χ0v) is 17.1. The number of rotatable bonds is 4. The number of amides is 2. The Kier molecular flexibility index (Phi) is 5.35. The Labute approximate surface area is 174 Å². The molecule has 0 saturated carbocycles. The minimum atomic E-state index is -0.483. The van der Waals surface area contributed by atoms with Crippen molar-refractivity contribution in [2.45, 2.75) is 33.2 Å². The van der Waals surface area contributed by atoms with E-state index in [2.05, 4.69) is 10.3 Å². The summed E-state index contributed by atoms with van der Waals surface area (Å²) in [5, 5.41) is 3.18. The zero-order valence-electron chi connectivity index (χ0n) is 17.1. The van der Waals surface area contributed by atoms with E-state index in [1.165, 1.54) is 0 Å². The van der Waals surface area contributed by atoms with Gasteiger partial charge in [0.25, 0.3) is 11.8 Å². The van der Waals surface area contributed by atoms with Crippen molar-refractivity contribution in [1.82, 2.24) is 14.5 Å². The monoisotopic (exact) mass is 404 g/mol. The lowest BCUT2D eigenvalue weighted by molar-refractivity contribution is 0.0792. The van der Waals surface area contributed by atoms with Crippen LogP contribution in [0, 0.1) is 6.92 Å². The summed E-state index contributed by atoms with van der Waals surface area (Å²) in [4.78, 5) is 44.4. The number of fused-ring (bicyclic) bond motifs is 1. The van der Waals surface area contributed by atoms with E-state index in [1.807, 2.05) is 18.7 Å². The summed E-state index contributed by atoms with van der Waals surface area (Å²) in [6, 6.07) is 10.3. The summed E-state index contributed by atoms with van der Waals surface area (Å²) in [6.45, 7) is 5.96. The number of benzene rings is 1. The summed E-state index contributed by atoms with van der Waals surface area (Å²) >= 11 is 0. The number of nitrogens with one attached hydrogen (secondary N) is 1. The number of nitrogens with zero attached hydrogens (tertiary/aromatic N) is 3. The van der Waals surface area contributed by atoms with Crippen LogP contribution in [0.3, 0.4) is 0 Å². The van der Waals surface area contributed by atoms with Gasteiger partial charge in [0.2, 0.25) is 5.43 Å². The van der Waals surface area contributed by atoms with Gasteiger partial charge in [-0.1, -0.05) is 0 Å². The van der Waals surface area contributed by atoms with Crippen LogP contribution in [0.2, 0.25) is 0 Å².